The van der Waals surface area contributed by atoms with Crippen LogP contribution < -0.4 is 15.9 Å². The summed E-state index contributed by atoms with van der Waals surface area (Å²) in [5.74, 6) is -0.790. The summed E-state index contributed by atoms with van der Waals surface area (Å²) in [4.78, 5) is 24.7. The van der Waals surface area contributed by atoms with Crippen LogP contribution in [0.25, 0.3) is 5.69 Å². The highest BCUT2D eigenvalue weighted by atomic mass is 32.2. The molecule has 0 bridgehead atoms. The fraction of sp³-hybridized carbons (Fsp3) is 0.190. The minimum absolute atomic E-state index is 0.0470. The zero-order valence-corrected chi connectivity index (χ0v) is 18.1. The van der Waals surface area contributed by atoms with Crippen LogP contribution in [0.2, 0.25) is 0 Å². The van der Waals surface area contributed by atoms with E-state index in [4.69, 9.17) is 5.14 Å². The number of hydrogen-bond acceptors (Lipinski definition) is 5. The molecule has 3 rings (SSSR count). The lowest BCUT2D eigenvalue weighted by Crippen LogP contribution is -2.33. The van der Waals surface area contributed by atoms with Crippen molar-refractivity contribution in [3.05, 3.63) is 87.3 Å². The Morgan fingerprint density at radius 1 is 1.12 bits per heavy atom. The van der Waals surface area contributed by atoms with Crippen LogP contribution in [0, 0.1) is 6.92 Å². The summed E-state index contributed by atoms with van der Waals surface area (Å²) in [7, 11) is -3.81. The van der Waals surface area contributed by atoms with Gasteiger partial charge in [0, 0.05) is 18.3 Å². The molecule has 3 N–H and O–H groups in total. The zero-order chi connectivity index (χ0) is 24.4. The Hall–Kier alpha value is -3.51. The Balaban J connectivity index is 1.77. The van der Waals surface area contributed by atoms with Gasteiger partial charge in [0.15, 0.2) is 5.69 Å². The van der Waals surface area contributed by atoms with E-state index in [-0.39, 0.29) is 22.8 Å². The Bertz CT molecular complexity index is 1350. The first kappa shape index (κ1) is 24.1. The van der Waals surface area contributed by atoms with Crippen molar-refractivity contribution in [2.75, 3.05) is 6.54 Å². The van der Waals surface area contributed by atoms with Crippen molar-refractivity contribution in [2.45, 2.75) is 24.4 Å². The SMILES string of the molecule is Cc1cc(=O)c(C(=O)NCCc2ccc(S(N)(=O)=O)cc2)nn1-c1cccc(C(F)(F)F)c1. The smallest absolute Gasteiger partial charge is 0.350 e. The predicted molar refractivity (Wildman–Crippen MR) is 113 cm³/mol. The number of carbonyl (C=O) groups is 1. The van der Waals surface area contributed by atoms with Crippen LogP contribution in [0.3, 0.4) is 0 Å². The number of halogens is 3. The van der Waals surface area contributed by atoms with E-state index in [1.807, 2.05) is 0 Å². The summed E-state index contributed by atoms with van der Waals surface area (Å²) in [6.07, 6.45) is -4.24. The Labute approximate surface area is 186 Å². The number of primary sulfonamides is 1. The van der Waals surface area contributed by atoms with Gasteiger partial charge in [0.25, 0.3) is 5.91 Å². The molecule has 33 heavy (non-hydrogen) atoms. The molecule has 8 nitrogen and oxygen atoms in total. The molecule has 0 spiro atoms. The van der Waals surface area contributed by atoms with Gasteiger partial charge in [-0.05, 0) is 49.2 Å². The van der Waals surface area contributed by atoms with E-state index in [1.165, 1.54) is 43.3 Å². The number of nitrogens with zero attached hydrogens (tertiary/aromatic N) is 2. The number of amides is 1. The number of aryl methyl sites for hydroxylation is 1. The number of nitrogens with one attached hydrogen (secondary N) is 1. The summed E-state index contributed by atoms with van der Waals surface area (Å²) in [6.45, 7) is 1.59. The summed E-state index contributed by atoms with van der Waals surface area (Å²) in [5.41, 5.74) is -1.02. The number of benzene rings is 2. The molecule has 0 atom stereocenters. The second kappa shape index (κ2) is 9.16. The lowest BCUT2D eigenvalue weighted by molar-refractivity contribution is -0.137. The van der Waals surface area contributed by atoms with E-state index < -0.39 is 38.8 Å². The molecular weight excluding hydrogens is 461 g/mol. The van der Waals surface area contributed by atoms with Crippen LogP contribution in [0.5, 0.6) is 0 Å². The first-order valence-electron chi connectivity index (χ1n) is 9.55. The maximum Gasteiger partial charge on any atom is 0.416 e. The summed E-state index contributed by atoms with van der Waals surface area (Å²) >= 11 is 0. The molecule has 0 fully saturated rings. The van der Waals surface area contributed by atoms with Gasteiger partial charge in [-0.25, -0.2) is 18.2 Å². The van der Waals surface area contributed by atoms with Crippen molar-refractivity contribution in [2.24, 2.45) is 5.14 Å². The van der Waals surface area contributed by atoms with E-state index in [0.717, 1.165) is 22.9 Å². The molecule has 0 aliphatic rings. The molecule has 0 saturated carbocycles. The monoisotopic (exact) mass is 480 g/mol. The first-order chi connectivity index (χ1) is 15.4. The Morgan fingerprint density at radius 2 is 1.79 bits per heavy atom. The van der Waals surface area contributed by atoms with Crippen LogP contribution in [-0.4, -0.2) is 30.7 Å². The van der Waals surface area contributed by atoms with Crippen LogP contribution in [0.1, 0.15) is 27.3 Å². The molecule has 1 aromatic heterocycles. The largest absolute Gasteiger partial charge is 0.416 e. The second-order valence-electron chi connectivity index (χ2n) is 7.15. The average Bonchev–Trinajstić information content (AvgIpc) is 2.73. The molecule has 1 amide bonds. The lowest BCUT2D eigenvalue weighted by Gasteiger charge is -2.13. The fourth-order valence-corrected chi connectivity index (χ4v) is 3.55. The fourth-order valence-electron chi connectivity index (χ4n) is 3.03. The van der Waals surface area contributed by atoms with Crippen molar-refractivity contribution in [1.29, 1.82) is 0 Å². The summed E-state index contributed by atoms with van der Waals surface area (Å²) in [6, 6.07) is 11.2. The molecule has 0 aliphatic heterocycles. The van der Waals surface area contributed by atoms with E-state index in [0.29, 0.717) is 12.0 Å². The molecule has 1 heterocycles. The molecule has 12 heteroatoms. The van der Waals surface area contributed by atoms with Crippen molar-refractivity contribution in [3.63, 3.8) is 0 Å². The van der Waals surface area contributed by atoms with Gasteiger partial charge in [-0.2, -0.15) is 18.3 Å². The minimum Gasteiger partial charge on any atom is -0.350 e. The molecule has 2 aromatic carbocycles. The predicted octanol–water partition coefficient (Wildman–Crippen LogP) is 2.18. The minimum atomic E-state index is -4.56. The number of nitrogens with two attached hydrogens (primary N) is 1. The molecule has 0 saturated heterocycles. The van der Waals surface area contributed by atoms with Crippen LogP contribution in [0.4, 0.5) is 13.2 Å². The highest BCUT2D eigenvalue weighted by molar-refractivity contribution is 7.89. The van der Waals surface area contributed by atoms with Gasteiger partial charge in [0.2, 0.25) is 15.5 Å². The highest BCUT2D eigenvalue weighted by Gasteiger charge is 2.30. The molecule has 0 radical (unpaired) electrons. The van der Waals surface area contributed by atoms with Crippen molar-refractivity contribution in [3.8, 4) is 5.69 Å². The standard InChI is InChI=1S/C21H19F3N4O4S/c1-13-11-18(29)19(27-28(13)16-4-2-3-15(12-16)21(22,23)24)20(30)26-10-9-14-5-7-17(8-6-14)33(25,31)32/h2-8,11-12H,9-10H2,1H3,(H,26,30)(H2,25,31,32). The maximum atomic E-state index is 13.0. The van der Waals surface area contributed by atoms with Gasteiger partial charge in [0.05, 0.1) is 16.1 Å². The number of alkyl halides is 3. The topological polar surface area (TPSA) is 124 Å². The number of carbonyl (C=O) groups excluding carboxylic acids is 1. The van der Waals surface area contributed by atoms with E-state index in [2.05, 4.69) is 10.4 Å². The normalized spacial score (nSPS) is 11.9. The second-order valence-corrected chi connectivity index (χ2v) is 8.71. The number of hydrogen-bond donors (Lipinski definition) is 2. The van der Waals surface area contributed by atoms with Crippen molar-refractivity contribution < 1.29 is 26.4 Å². The average molecular weight is 480 g/mol. The molecular formula is C21H19F3N4O4S. The number of sulfonamides is 1. The lowest BCUT2D eigenvalue weighted by atomic mass is 10.1. The van der Waals surface area contributed by atoms with Crippen LogP contribution >= 0.6 is 0 Å². The van der Waals surface area contributed by atoms with E-state index >= 15 is 0 Å². The van der Waals surface area contributed by atoms with Crippen LogP contribution in [0.15, 0.2) is 64.3 Å². The third-order valence-electron chi connectivity index (χ3n) is 4.69. The number of rotatable bonds is 6. The molecule has 3 aromatic rings. The Kier molecular flexibility index (Phi) is 6.70. The molecule has 0 unspecified atom stereocenters. The third kappa shape index (κ3) is 5.84. The van der Waals surface area contributed by atoms with Gasteiger partial charge in [-0.1, -0.05) is 18.2 Å². The summed E-state index contributed by atoms with van der Waals surface area (Å²) in [5, 5.41) is 11.5. The maximum absolute atomic E-state index is 13.0. The van der Waals surface area contributed by atoms with Gasteiger partial charge in [-0.15, -0.1) is 0 Å². The van der Waals surface area contributed by atoms with Gasteiger partial charge in [-0.3, -0.25) is 9.59 Å². The highest BCUT2D eigenvalue weighted by Crippen LogP contribution is 2.30. The quantitative estimate of drug-likeness (QED) is 0.560. The van der Waals surface area contributed by atoms with E-state index in [9.17, 15) is 31.2 Å². The number of aromatic nitrogens is 2. The van der Waals surface area contributed by atoms with E-state index in [1.54, 1.807) is 0 Å². The van der Waals surface area contributed by atoms with Gasteiger partial charge >= 0.3 is 6.18 Å². The van der Waals surface area contributed by atoms with Gasteiger partial charge in [0.1, 0.15) is 0 Å². The van der Waals surface area contributed by atoms with Gasteiger partial charge < -0.3 is 5.32 Å². The first-order valence-corrected chi connectivity index (χ1v) is 11.1. The van der Waals surface area contributed by atoms with Crippen LogP contribution in [-0.2, 0) is 22.6 Å². The zero-order valence-electron chi connectivity index (χ0n) is 17.3. The van der Waals surface area contributed by atoms with Crippen molar-refractivity contribution in [1.82, 2.24) is 15.1 Å². The third-order valence-corrected chi connectivity index (χ3v) is 5.62. The molecule has 174 valence electrons. The summed E-state index contributed by atoms with van der Waals surface area (Å²) < 4.78 is 62.8. The molecule has 0 aliphatic carbocycles. The van der Waals surface area contributed by atoms with Crippen molar-refractivity contribution >= 4 is 15.9 Å². The Morgan fingerprint density at radius 3 is 2.39 bits per heavy atom.